The van der Waals surface area contributed by atoms with Crippen LogP contribution in [0.2, 0.25) is 0 Å². The van der Waals surface area contributed by atoms with Gasteiger partial charge in [-0.2, -0.15) is 9.57 Å². The highest BCUT2D eigenvalue weighted by Crippen LogP contribution is 2.25. The van der Waals surface area contributed by atoms with Crippen molar-refractivity contribution in [1.82, 2.24) is 4.31 Å². The molecule has 0 aromatic heterocycles. The van der Waals surface area contributed by atoms with Gasteiger partial charge in [0.15, 0.2) is 0 Å². The third-order valence-corrected chi connectivity index (χ3v) is 5.21. The fourth-order valence-electron chi connectivity index (χ4n) is 2.30. The zero-order valence-electron chi connectivity index (χ0n) is 10.7. The van der Waals surface area contributed by atoms with Crippen LogP contribution >= 0.6 is 0 Å². The summed E-state index contributed by atoms with van der Waals surface area (Å²) in [5.41, 5.74) is 0.231. The van der Waals surface area contributed by atoms with Crippen molar-refractivity contribution in [1.29, 1.82) is 5.26 Å². The van der Waals surface area contributed by atoms with Crippen molar-refractivity contribution >= 4 is 16.0 Å². The van der Waals surface area contributed by atoms with E-state index in [1.165, 1.54) is 24.3 Å². The lowest BCUT2D eigenvalue weighted by molar-refractivity contribution is -0.142. The minimum absolute atomic E-state index is 0.0373. The Morgan fingerprint density at radius 3 is 2.80 bits per heavy atom. The summed E-state index contributed by atoms with van der Waals surface area (Å²) in [7, 11) is -3.89. The summed E-state index contributed by atoms with van der Waals surface area (Å²) in [6.07, 6.45) is 1.65. The molecule has 1 aromatic rings. The molecule has 0 aliphatic carbocycles. The largest absolute Gasteiger partial charge is 0.480 e. The van der Waals surface area contributed by atoms with Crippen molar-refractivity contribution in [2.24, 2.45) is 0 Å². The number of sulfonamides is 1. The number of hydrogen-bond donors (Lipinski definition) is 1. The van der Waals surface area contributed by atoms with Crippen molar-refractivity contribution in [2.45, 2.75) is 30.2 Å². The second-order valence-corrected chi connectivity index (χ2v) is 6.50. The van der Waals surface area contributed by atoms with Gasteiger partial charge in [0, 0.05) is 6.54 Å². The lowest BCUT2D eigenvalue weighted by Gasteiger charge is -2.31. The number of carboxylic acids is 1. The first kappa shape index (κ1) is 14.5. The monoisotopic (exact) mass is 294 g/mol. The summed E-state index contributed by atoms with van der Waals surface area (Å²) in [6.45, 7) is 0.191. The Morgan fingerprint density at radius 1 is 1.40 bits per heavy atom. The van der Waals surface area contributed by atoms with Crippen LogP contribution in [-0.4, -0.2) is 36.4 Å². The number of carbonyl (C=O) groups is 1. The maximum atomic E-state index is 12.5. The van der Waals surface area contributed by atoms with E-state index in [9.17, 15) is 13.2 Å². The molecule has 1 aliphatic heterocycles. The molecule has 7 heteroatoms. The molecule has 2 rings (SSSR count). The van der Waals surface area contributed by atoms with Crippen LogP contribution < -0.4 is 0 Å². The Bertz CT molecular complexity index is 663. The van der Waals surface area contributed by atoms with Crippen molar-refractivity contribution < 1.29 is 18.3 Å². The van der Waals surface area contributed by atoms with Gasteiger partial charge in [-0.05, 0) is 37.5 Å². The second kappa shape index (κ2) is 5.61. The first-order chi connectivity index (χ1) is 9.46. The third-order valence-electron chi connectivity index (χ3n) is 3.31. The molecular formula is C13H14N2O4S. The van der Waals surface area contributed by atoms with E-state index in [1.807, 2.05) is 6.07 Å². The molecule has 1 heterocycles. The summed E-state index contributed by atoms with van der Waals surface area (Å²) >= 11 is 0. The maximum Gasteiger partial charge on any atom is 0.322 e. The van der Waals surface area contributed by atoms with Gasteiger partial charge >= 0.3 is 5.97 Å². The third kappa shape index (κ3) is 2.66. The highest BCUT2D eigenvalue weighted by atomic mass is 32.2. The summed E-state index contributed by atoms with van der Waals surface area (Å²) in [6, 6.07) is 6.48. The fraction of sp³-hybridized carbons (Fsp3) is 0.385. The SMILES string of the molecule is N#Cc1cccc(S(=O)(=O)N2CCCCC2C(=O)O)c1. The van der Waals surface area contributed by atoms with Gasteiger partial charge in [-0.1, -0.05) is 6.07 Å². The molecule has 106 valence electrons. The predicted octanol–water partition coefficient (Wildman–Crippen LogP) is 1.19. The molecule has 1 fully saturated rings. The van der Waals surface area contributed by atoms with E-state index in [4.69, 9.17) is 10.4 Å². The highest BCUT2D eigenvalue weighted by Gasteiger charge is 2.37. The second-order valence-electron chi connectivity index (χ2n) is 4.61. The zero-order chi connectivity index (χ0) is 14.8. The molecular weight excluding hydrogens is 280 g/mol. The van der Waals surface area contributed by atoms with Gasteiger partial charge < -0.3 is 5.11 Å². The molecule has 0 amide bonds. The lowest BCUT2D eigenvalue weighted by atomic mass is 10.1. The highest BCUT2D eigenvalue weighted by molar-refractivity contribution is 7.89. The summed E-state index contributed by atoms with van der Waals surface area (Å²) < 4.78 is 26.1. The Labute approximate surface area is 117 Å². The van der Waals surface area contributed by atoms with E-state index in [2.05, 4.69) is 0 Å². The van der Waals surface area contributed by atoms with E-state index in [0.717, 1.165) is 4.31 Å². The number of piperidine rings is 1. The number of nitriles is 1. The van der Waals surface area contributed by atoms with Gasteiger partial charge in [-0.3, -0.25) is 4.79 Å². The molecule has 1 aromatic carbocycles. The molecule has 1 aliphatic rings. The Hall–Kier alpha value is -1.91. The number of aliphatic carboxylic acids is 1. The number of carboxylic acid groups (broad SMARTS) is 1. The van der Waals surface area contributed by atoms with E-state index in [-0.39, 0.29) is 17.0 Å². The van der Waals surface area contributed by atoms with Gasteiger partial charge in [0.2, 0.25) is 10.0 Å². The first-order valence-corrected chi connectivity index (χ1v) is 7.65. The van der Waals surface area contributed by atoms with Gasteiger partial charge in [-0.25, -0.2) is 8.42 Å². The average Bonchev–Trinajstić information content (AvgIpc) is 2.47. The van der Waals surface area contributed by atoms with Crippen molar-refractivity contribution in [3.63, 3.8) is 0 Å². The number of benzene rings is 1. The van der Waals surface area contributed by atoms with Crippen LogP contribution in [0.4, 0.5) is 0 Å². The molecule has 0 saturated carbocycles. The number of rotatable bonds is 3. The predicted molar refractivity (Wildman–Crippen MR) is 70.3 cm³/mol. The van der Waals surface area contributed by atoms with Crippen LogP contribution in [0.5, 0.6) is 0 Å². The lowest BCUT2D eigenvalue weighted by Crippen LogP contribution is -2.47. The van der Waals surface area contributed by atoms with Crippen LogP contribution in [0.15, 0.2) is 29.2 Å². The summed E-state index contributed by atoms with van der Waals surface area (Å²) in [5.74, 6) is -1.13. The zero-order valence-corrected chi connectivity index (χ0v) is 11.5. The minimum atomic E-state index is -3.89. The first-order valence-electron chi connectivity index (χ1n) is 6.21. The van der Waals surface area contributed by atoms with Crippen molar-refractivity contribution in [3.8, 4) is 6.07 Å². The molecule has 1 saturated heterocycles. The number of nitrogens with zero attached hydrogens (tertiary/aromatic N) is 2. The normalized spacial score (nSPS) is 20.2. The van der Waals surface area contributed by atoms with Gasteiger partial charge in [-0.15, -0.1) is 0 Å². The topological polar surface area (TPSA) is 98.5 Å². The molecule has 1 unspecified atom stereocenters. The van der Waals surface area contributed by atoms with Gasteiger partial charge in [0.25, 0.3) is 0 Å². The van der Waals surface area contributed by atoms with Crippen LogP contribution in [0.25, 0.3) is 0 Å². The summed E-state index contributed by atoms with van der Waals surface area (Å²) in [4.78, 5) is 11.2. The summed E-state index contributed by atoms with van der Waals surface area (Å²) in [5, 5.41) is 18.0. The van der Waals surface area contributed by atoms with E-state index in [1.54, 1.807) is 0 Å². The standard InChI is InChI=1S/C13H14N2O4S/c14-9-10-4-3-5-11(8-10)20(18,19)15-7-2-1-6-12(15)13(16)17/h3-5,8,12H,1-2,6-7H2,(H,16,17). The molecule has 6 nitrogen and oxygen atoms in total. The Morgan fingerprint density at radius 2 is 2.15 bits per heavy atom. The number of hydrogen-bond acceptors (Lipinski definition) is 4. The van der Waals surface area contributed by atoms with Crippen molar-refractivity contribution in [3.05, 3.63) is 29.8 Å². The minimum Gasteiger partial charge on any atom is -0.480 e. The molecule has 1 atom stereocenters. The van der Waals surface area contributed by atoms with Crippen LogP contribution in [-0.2, 0) is 14.8 Å². The van der Waals surface area contributed by atoms with Crippen LogP contribution in [0, 0.1) is 11.3 Å². The van der Waals surface area contributed by atoms with E-state index < -0.39 is 22.0 Å². The molecule has 0 bridgehead atoms. The Kier molecular flexibility index (Phi) is 4.06. The molecule has 1 N–H and O–H groups in total. The molecule has 0 spiro atoms. The van der Waals surface area contributed by atoms with Gasteiger partial charge in [0.05, 0.1) is 16.5 Å². The van der Waals surface area contributed by atoms with E-state index >= 15 is 0 Å². The fourth-order valence-corrected chi connectivity index (χ4v) is 4.00. The van der Waals surface area contributed by atoms with Crippen LogP contribution in [0.3, 0.4) is 0 Å². The molecule has 0 radical (unpaired) electrons. The van der Waals surface area contributed by atoms with Crippen LogP contribution in [0.1, 0.15) is 24.8 Å². The quantitative estimate of drug-likeness (QED) is 0.902. The maximum absolute atomic E-state index is 12.5. The average molecular weight is 294 g/mol. The van der Waals surface area contributed by atoms with Crippen molar-refractivity contribution in [2.75, 3.05) is 6.54 Å². The smallest absolute Gasteiger partial charge is 0.322 e. The van der Waals surface area contributed by atoms with Gasteiger partial charge in [0.1, 0.15) is 6.04 Å². The van der Waals surface area contributed by atoms with E-state index in [0.29, 0.717) is 19.3 Å². The molecule has 20 heavy (non-hydrogen) atoms. The Balaban J connectivity index is 2.42.